The second-order valence-corrected chi connectivity index (χ2v) is 12.6. The molecule has 10 heteroatoms. The zero-order valence-electron chi connectivity index (χ0n) is 20.6. The van der Waals surface area contributed by atoms with Crippen molar-refractivity contribution < 1.29 is 13.2 Å². The molecule has 5 rings (SSSR count). The number of nitrogens with one attached hydrogen (secondary N) is 1. The highest BCUT2D eigenvalue weighted by Gasteiger charge is 2.30. The predicted octanol–water partition coefficient (Wildman–Crippen LogP) is 5.86. The molecule has 1 amide bonds. The standard InChI is InChI=1S/C28H27ClN4O3S2/c29-22-10-8-20(9-11-22)24-6-1-2-7-25(24)31-27(34)26-19-37-28(32-26)21-12-16-33(17-13-21)38(35,36)18-14-23-5-3-4-15-30-23/h1-11,15,19,21H,12-14,16-18H2,(H,31,34). The SMILES string of the molecule is O=C(Nc1ccccc1-c1ccc(Cl)cc1)c1csc(C2CCN(S(=O)(=O)CCc3ccccn3)CC2)n1. The average molecular weight is 567 g/mol. The Morgan fingerprint density at radius 2 is 1.76 bits per heavy atom. The number of hydrogen-bond acceptors (Lipinski definition) is 6. The van der Waals surface area contributed by atoms with Gasteiger partial charge in [-0.05, 0) is 48.7 Å². The van der Waals surface area contributed by atoms with Gasteiger partial charge < -0.3 is 5.32 Å². The van der Waals surface area contributed by atoms with E-state index < -0.39 is 10.0 Å². The molecule has 4 aromatic rings. The molecule has 1 saturated heterocycles. The number of thiazole rings is 1. The number of sulfonamides is 1. The number of amides is 1. The number of carbonyl (C=O) groups excluding carboxylic acids is 1. The van der Waals surface area contributed by atoms with Crippen LogP contribution in [0.2, 0.25) is 5.02 Å². The lowest BCUT2D eigenvalue weighted by Crippen LogP contribution is -2.39. The minimum Gasteiger partial charge on any atom is -0.320 e. The molecule has 1 aliphatic rings. The molecular weight excluding hydrogens is 540 g/mol. The summed E-state index contributed by atoms with van der Waals surface area (Å²) in [4.78, 5) is 21.9. The van der Waals surface area contributed by atoms with Crippen molar-refractivity contribution in [3.05, 3.63) is 99.7 Å². The van der Waals surface area contributed by atoms with Gasteiger partial charge in [-0.25, -0.2) is 17.7 Å². The number of pyridine rings is 1. The molecule has 7 nitrogen and oxygen atoms in total. The summed E-state index contributed by atoms with van der Waals surface area (Å²) in [7, 11) is -3.35. The minimum absolute atomic E-state index is 0.0494. The molecule has 0 spiro atoms. The van der Waals surface area contributed by atoms with E-state index in [4.69, 9.17) is 11.6 Å². The van der Waals surface area contributed by atoms with E-state index in [1.165, 1.54) is 11.3 Å². The van der Waals surface area contributed by atoms with E-state index in [0.717, 1.165) is 21.8 Å². The van der Waals surface area contributed by atoms with E-state index in [9.17, 15) is 13.2 Å². The molecule has 0 atom stereocenters. The number of carbonyl (C=O) groups is 1. The van der Waals surface area contributed by atoms with Crippen LogP contribution in [-0.2, 0) is 16.4 Å². The van der Waals surface area contributed by atoms with Crippen LogP contribution >= 0.6 is 22.9 Å². The number of halogens is 1. The highest BCUT2D eigenvalue weighted by atomic mass is 35.5. The first kappa shape index (κ1) is 26.5. The van der Waals surface area contributed by atoms with Crippen LogP contribution in [0.25, 0.3) is 11.1 Å². The highest BCUT2D eigenvalue weighted by molar-refractivity contribution is 7.89. The summed E-state index contributed by atoms with van der Waals surface area (Å²) in [6.45, 7) is 0.898. The molecule has 3 heterocycles. The van der Waals surface area contributed by atoms with Crippen LogP contribution in [0.5, 0.6) is 0 Å². The topological polar surface area (TPSA) is 92.3 Å². The summed E-state index contributed by atoms with van der Waals surface area (Å²) in [5.74, 6) is -0.0955. The van der Waals surface area contributed by atoms with E-state index in [-0.39, 0.29) is 17.6 Å². The predicted molar refractivity (Wildman–Crippen MR) is 152 cm³/mol. The minimum atomic E-state index is -3.35. The van der Waals surface area contributed by atoms with Gasteiger partial charge >= 0.3 is 0 Å². The fourth-order valence-corrected chi connectivity index (χ4v) is 7.12. The number of aryl methyl sites for hydroxylation is 1. The first-order chi connectivity index (χ1) is 18.4. The lowest BCUT2D eigenvalue weighted by molar-refractivity contribution is 0.102. The molecule has 1 N–H and O–H groups in total. The van der Waals surface area contributed by atoms with Crippen LogP contribution in [0.15, 0.2) is 78.3 Å². The van der Waals surface area contributed by atoms with Crippen LogP contribution in [0.4, 0.5) is 5.69 Å². The Bertz CT molecular complexity index is 1500. The number of rotatable bonds is 8. The summed E-state index contributed by atoms with van der Waals surface area (Å²) in [5, 5.41) is 6.28. The third kappa shape index (κ3) is 6.30. The lowest BCUT2D eigenvalue weighted by Gasteiger charge is -2.30. The van der Waals surface area contributed by atoms with Crippen LogP contribution in [0, 0.1) is 0 Å². The fraction of sp³-hybridized carbons (Fsp3) is 0.250. The maximum Gasteiger partial charge on any atom is 0.275 e. The summed E-state index contributed by atoms with van der Waals surface area (Å²) in [6, 6.07) is 20.6. The van der Waals surface area contributed by atoms with Crippen molar-refractivity contribution >= 4 is 44.6 Å². The summed E-state index contributed by atoms with van der Waals surface area (Å²) < 4.78 is 27.3. The number of aromatic nitrogens is 2. The molecule has 1 aliphatic heterocycles. The van der Waals surface area contributed by atoms with Crippen LogP contribution in [0.1, 0.15) is 39.9 Å². The highest BCUT2D eigenvalue weighted by Crippen LogP contribution is 2.33. The molecule has 196 valence electrons. The van der Waals surface area contributed by atoms with E-state index in [2.05, 4.69) is 15.3 Å². The lowest BCUT2D eigenvalue weighted by atomic mass is 9.99. The Hall–Kier alpha value is -3.11. The van der Waals surface area contributed by atoms with Crippen molar-refractivity contribution in [1.82, 2.24) is 14.3 Å². The molecule has 0 radical (unpaired) electrons. The van der Waals surface area contributed by atoms with Crippen LogP contribution in [0.3, 0.4) is 0 Å². The molecule has 0 aliphatic carbocycles. The summed E-state index contributed by atoms with van der Waals surface area (Å²) in [5.41, 5.74) is 3.67. The van der Waals surface area contributed by atoms with Gasteiger partial charge in [0.05, 0.1) is 10.8 Å². The third-order valence-corrected chi connectivity index (χ3v) is 9.76. The Morgan fingerprint density at radius 3 is 2.50 bits per heavy atom. The first-order valence-corrected chi connectivity index (χ1v) is 15.3. The first-order valence-electron chi connectivity index (χ1n) is 12.4. The number of benzene rings is 2. The number of anilines is 1. The van der Waals surface area contributed by atoms with Gasteiger partial charge in [-0.15, -0.1) is 11.3 Å². The van der Waals surface area contributed by atoms with Gasteiger partial charge in [-0.1, -0.05) is 48.0 Å². The maximum atomic E-state index is 13.0. The molecular formula is C28H27ClN4O3S2. The van der Waals surface area contributed by atoms with Gasteiger partial charge in [0.25, 0.3) is 5.91 Å². The Morgan fingerprint density at radius 1 is 1.03 bits per heavy atom. The molecule has 1 fully saturated rings. The second kappa shape index (κ2) is 11.7. The molecule has 0 bridgehead atoms. The Kier molecular flexibility index (Phi) is 8.18. The van der Waals surface area contributed by atoms with Crippen LogP contribution < -0.4 is 5.32 Å². The number of hydrogen-bond donors (Lipinski definition) is 1. The molecule has 0 saturated carbocycles. The van der Waals surface area contributed by atoms with Crippen molar-refractivity contribution in [2.24, 2.45) is 0 Å². The number of para-hydroxylation sites is 1. The van der Waals surface area contributed by atoms with Crippen molar-refractivity contribution in [1.29, 1.82) is 0 Å². The molecule has 2 aromatic carbocycles. The van der Waals surface area contributed by atoms with Crippen molar-refractivity contribution in [3.8, 4) is 11.1 Å². The maximum absolute atomic E-state index is 13.0. The fourth-order valence-electron chi connectivity index (χ4n) is 4.53. The number of piperidine rings is 1. The van der Waals surface area contributed by atoms with E-state index >= 15 is 0 Å². The quantitative estimate of drug-likeness (QED) is 0.288. The van der Waals surface area contributed by atoms with Gasteiger partial charge in [0.1, 0.15) is 5.69 Å². The van der Waals surface area contributed by atoms with Crippen molar-refractivity contribution in [3.63, 3.8) is 0 Å². The van der Waals surface area contributed by atoms with Gasteiger partial charge in [-0.2, -0.15) is 0 Å². The molecule has 38 heavy (non-hydrogen) atoms. The third-order valence-electron chi connectivity index (χ3n) is 6.62. The van der Waals surface area contributed by atoms with Gasteiger partial charge in [0.15, 0.2) is 0 Å². The van der Waals surface area contributed by atoms with E-state index in [0.29, 0.717) is 48.8 Å². The van der Waals surface area contributed by atoms with Gasteiger partial charge in [0.2, 0.25) is 10.0 Å². The molecule has 0 unspecified atom stereocenters. The Labute approximate surface area is 231 Å². The summed E-state index contributed by atoms with van der Waals surface area (Å²) >= 11 is 7.48. The van der Waals surface area contributed by atoms with E-state index in [1.807, 2.05) is 66.7 Å². The zero-order chi connectivity index (χ0) is 26.5. The largest absolute Gasteiger partial charge is 0.320 e. The monoisotopic (exact) mass is 566 g/mol. The van der Waals surface area contributed by atoms with Crippen molar-refractivity contribution in [2.75, 3.05) is 24.2 Å². The Balaban J connectivity index is 1.19. The summed E-state index contributed by atoms with van der Waals surface area (Å²) in [6.07, 6.45) is 3.43. The van der Waals surface area contributed by atoms with Crippen molar-refractivity contribution in [2.45, 2.75) is 25.2 Å². The number of nitrogens with zero attached hydrogens (tertiary/aromatic N) is 3. The normalized spacial score (nSPS) is 14.9. The second-order valence-electron chi connectivity index (χ2n) is 9.14. The van der Waals surface area contributed by atoms with Gasteiger partial charge in [-0.3, -0.25) is 9.78 Å². The average Bonchev–Trinajstić information content (AvgIpc) is 3.44. The zero-order valence-corrected chi connectivity index (χ0v) is 23.0. The molecule has 2 aromatic heterocycles. The van der Waals surface area contributed by atoms with Crippen LogP contribution in [-0.4, -0.2) is 47.4 Å². The van der Waals surface area contributed by atoms with E-state index in [1.54, 1.807) is 15.9 Å². The van der Waals surface area contributed by atoms with Gasteiger partial charge in [0, 0.05) is 59.0 Å². The smallest absolute Gasteiger partial charge is 0.275 e.